The van der Waals surface area contributed by atoms with E-state index in [0.29, 0.717) is 6.61 Å². The molecule has 0 amide bonds. The lowest BCUT2D eigenvalue weighted by Crippen LogP contribution is -2.42. The molecule has 3 rings (SSSR count). The third kappa shape index (κ3) is 3.32. The Morgan fingerprint density at radius 1 is 1.38 bits per heavy atom. The maximum atomic E-state index is 5.61. The Balaban J connectivity index is 1.54. The first kappa shape index (κ1) is 14.3. The maximum absolute atomic E-state index is 5.61. The van der Waals surface area contributed by atoms with Crippen LogP contribution in [0, 0.1) is 0 Å². The lowest BCUT2D eigenvalue weighted by Gasteiger charge is -2.26. The van der Waals surface area contributed by atoms with Gasteiger partial charge in [-0.15, -0.1) is 0 Å². The van der Waals surface area contributed by atoms with Gasteiger partial charge in [-0.2, -0.15) is 5.10 Å². The Morgan fingerprint density at radius 3 is 2.86 bits per heavy atom. The Hall–Kier alpha value is -1.69. The molecule has 5 heteroatoms. The van der Waals surface area contributed by atoms with E-state index in [-0.39, 0.29) is 5.60 Å². The highest BCUT2D eigenvalue weighted by Gasteiger charge is 2.34. The van der Waals surface area contributed by atoms with Gasteiger partial charge in [0.15, 0.2) is 0 Å². The van der Waals surface area contributed by atoms with Crippen LogP contribution in [-0.4, -0.2) is 42.2 Å². The van der Waals surface area contributed by atoms with E-state index in [9.17, 15) is 0 Å². The molecule has 2 aromatic rings. The van der Waals surface area contributed by atoms with Crippen molar-refractivity contribution in [2.24, 2.45) is 0 Å². The van der Waals surface area contributed by atoms with Crippen LogP contribution in [0.25, 0.3) is 5.69 Å². The number of hydrogen-bond donors (Lipinski definition) is 1. The van der Waals surface area contributed by atoms with Crippen LogP contribution >= 0.6 is 0 Å². The van der Waals surface area contributed by atoms with Gasteiger partial charge in [0.2, 0.25) is 0 Å². The van der Waals surface area contributed by atoms with E-state index >= 15 is 0 Å². The second-order valence-electron chi connectivity index (χ2n) is 5.41. The number of benzene rings is 1. The Labute approximate surface area is 124 Å². The molecule has 1 aliphatic rings. The number of aromatic nitrogens is 2. The molecule has 1 unspecified atom stereocenters. The van der Waals surface area contributed by atoms with Crippen molar-refractivity contribution in [1.29, 1.82) is 0 Å². The molecular formula is C16H21N3O2. The third-order valence-electron chi connectivity index (χ3n) is 3.98. The SMILES string of the molecule is COC1(CNCc2ccc(-n3cccn3)cc2)CCOC1. The minimum atomic E-state index is -0.158. The van der Waals surface area contributed by atoms with E-state index in [4.69, 9.17) is 9.47 Å². The summed E-state index contributed by atoms with van der Waals surface area (Å²) in [5.74, 6) is 0. The van der Waals surface area contributed by atoms with E-state index in [2.05, 4.69) is 34.7 Å². The monoisotopic (exact) mass is 287 g/mol. The predicted molar refractivity (Wildman–Crippen MR) is 80.4 cm³/mol. The number of ether oxygens (including phenoxy) is 2. The zero-order chi connectivity index (χ0) is 14.5. The van der Waals surface area contributed by atoms with Gasteiger partial charge < -0.3 is 14.8 Å². The van der Waals surface area contributed by atoms with Crippen molar-refractivity contribution in [2.75, 3.05) is 26.9 Å². The maximum Gasteiger partial charge on any atom is 0.106 e. The van der Waals surface area contributed by atoms with Crippen LogP contribution in [0.1, 0.15) is 12.0 Å². The first-order chi connectivity index (χ1) is 10.3. The number of nitrogens with one attached hydrogen (secondary N) is 1. The van der Waals surface area contributed by atoms with Crippen molar-refractivity contribution in [1.82, 2.24) is 15.1 Å². The fourth-order valence-corrected chi connectivity index (χ4v) is 2.58. The summed E-state index contributed by atoms with van der Waals surface area (Å²) < 4.78 is 12.9. The molecule has 1 aromatic carbocycles. The summed E-state index contributed by atoms with van der Waals surface area (Å²) in [5, 5.41) is 7.68. The van der Waals surface area contributed by atoms with E-state index in [0.717, 1.165) is 31.8 Å². The summed E-state index contributed by atoms with van der Waals surface area (Å²) in [7, 11) is 1.76. The molecule has 1 aliphatic heterocycles. The number of methoxy groups -OCH3 is 1. The van der Waals surface area contributed by atoms with Crippen LogP contribution in [0.2, 0.25) is 0 Å². The Morgan fingerprint density at radius 2 is 2.24 bits per heavy atom. The molecule has 1 atom stereocenters. The van der Waals surface area contributed by atoms with Gasteiger partial charge in [-0.05, 0) is 23.8 Å². The average Bonchev–Trinajstić information content (AvgIpc) is 3.20. The average molecular weight is 287 g/mol. The topological polar surface area (TPSA) is 48.3 Å². The van der Waals surface area contributed by atoms with Crippen molar-refractivity contribution >= 4 is 0 Å². The lowest BCUT2D eigenvalue weighted by molar-refractivity contribution is -0.0159. The molecule has 0 bridgehead atoms. The van der Waals surface area contributed by atoms with Crippen molar-refractivity contribution in [3.8, 4) is 5.69 Å². The summed E-state index contributed by atoms with van der Waals surface area (Å²) in [6, 6.07) is 10.3. The fraction of sp³-hybridized carbons (Fsp3) is 0.438. The van der Waals surface area contributed by atoms with Crippen LogP contribution in [0.4, 0.5) is 0 Å². The van der Waals surface area contributed by atoms with Crippen LogP contribution in [-0.2, 0) is 16.0 Å². The van der Waals surface area contributed by atoms with E-state index < -0.39 is 0 Å². The molecule has 0 radical (unpaired) electrons. The Kier molecular flexibility index (Phi) is 4.34. The van der Waals surface area contributed by atoms with E-state index in [1.165, 1.54) is 5.56 Å². The first-order valence-corrected chi connectivity index (χ1v) is 7.24. The van der Waals surface area contributed by atoms with Gasteiger partial charge in [-0.25, -0.2) is 4.68 Å². The molecule has 2 heterocycles. The van der Waals surface area contributed by atoms with Crippen LogP contribution in [0.15, 0.2) is 42.7 Å². The zero-order valence-electron chi connectivity index (χ0n) is 12.3. The van der Waals surface area contributed by atoms with Crippen LogP contribution in [0.3, 0.4) is 0 Å². The summed E-state index contributed by atoms with van der Waals surface area (Å²) >= 11 is 0. The summed E-state index contributed by atoms with van der Waals surface area (Å²) in [6.07, 6.45) is 4.67. The Bertz CT molecular complexity index is 545. The predicted octanol–water partition coefficient (Wildman–Crippen LogP) is 1.77. The zero-order valence-corrected chi connectivity index (χ0v) is 12.3. The quantitative estimate of drug-likeness (QED) is 0.879. The standard InChI is InChI=1S/C16H21N3O2/c1-20-16(7-10-21-13-16)12-17-11-14-3-5-15(6-4-14)19-9-2-8-18-19/h2-6,8-9,17H,7,10-13H2,1H3. The van der Waals surface area contributed by atoms with E-state index in [1.807, 2.05) is 16.9 Å². The molecule has 112 valence electrons. The summed E-state index contributed by atoms with van der Waals surface area (Å²) in [5.41, 5.74) is 2.16. The normalized spacial score (nSPS) is 21.8. The van der Waals surface area contributed by atoms with Crippen molar-refractivity contribution in [3.63, 3.8) is 0 Å². The molecule has 1 N–H and O–H groups in total. The molecule has 1 saturated heterocycles. The summed E-state index contributed by atoms with van der Waals surface area (Å²) in [4.78, 5) is 0. The largest absolute Gasteiger partial charge is 0.378 e. The van der Waals surface area contributed by atoms with Gasteiger partial charge in [-0.1, -0.05) is 12.1 Å². The van der Waals surface area contributed by atoms with Crippen molar-refractivity contribution in [3.05, 3.63) is 48.3 Å². The third-order valence-corrected chi connectivity index (χ3v) is 3.98. The van der Waals surface area contributed by atoms with Crippen LogP contribution in [0.5, 0.6) is 0 Å². The molecule has 0 aliphatic carbocycles. The van der Waals surface area contributed by atoms with Gasteiger partial charge in [0.1, 0.15) is 5.60 Å². The van der Waals surface area contributed by atoms with Gasteiger partial charge >= 0.3 is 0 Å². The number of hydrogen-bond acceptors (Lipinski definition) is 4. The molecule has 0 saturated carbocycles. The number of nitrogens with zero attached hydrogens (tertiary/aromatic N) is 2. The minimum Gasteiger partial charge on any atom is -0.378 e. The molecule has 0 spiro atoms. The van der Waals surface area contributed by atoms with Gasteiger partial charge in [0.05, 0.1) is 12.3 Å². The second-order valence-corrected chi connectivity index (χ2v) is 5.41. The van der Waals surface area contributed by atoms with Gasteiger partial charge in [0.25, 0.3) is 0 Å². The van der Waals surface area contributed by atoms with Crippen molar-refractivity contribution < 1.29 is 9.47 Å². The van der Waals surface area contributed by atoms with Gasteiger partial charge in [0, 0.05) is 45.6 Å². The van der Waals surface area contributed by atoms with Gasteiger partial charge in [-0.3, -0.25) is 0 Å². The van der Waals surface area contributed by atoms with Crippen LogP contribution < -0.4 is 5.32 Å². The fourth-order valence-electron chi connectivity index (χ4n) is 2.58. The molecule has 1 fully saturated rings. The second kappa shape index (κ2) is 6.39. The first-order valence-electron chi connectivity index (χ1n) is 7.24. The van der Waals surface area contributed by atoms with Crippen molar-refractivity contribution in [2.45, 2.75) is 18.6 Å². The van der Waals surface area contributed by atoms with E-state index in [1.54, 1.807) is 13.3 Å². The lowest BCUT2D eigenvalue weighted by atomic mass is 10.0. The smallest absolute Gasteiger partial charge is 0.106 e. The highest BCUT2D eigenvalue weighted by Crippen LogP contribution is 2.21. The molecule has 5 nitrogen and oxygen atoms in total. The highest BCUT2D eigenvalue weighted by molar-refractivity contribution is 5.33. The summed E-state index contributed by atoms with van der Waals surface area (Å²) in [6.45, 7) is 3.09. The molecule has 21 heavy (non-hydrogen) atoms. The molecular weight excluding hydrogens is 266 g/mol. The number of rotatable bonds is 6. The molecule has 1 aromatic heterocycles. The highest BCUT2D eigenvalue weighted by atomic mass is 16.5. The minimum absolute atomic E-state index is 0.158.